The second-order valence-corrected chi connectivity index (χ2v) is 5.73. The minimum absolute atomic E-state index is 0.0213. The first-order valence-corrected chi connectivity index (χ1v) is 7.85. The zero-order valence-electron chi connectivity index (χ0n) is 11.9. The Morgan fingerprint density at radius 2 is 2.29 bits per heavy atom. The molecule has 0 aromatic carbocycles. The fourth-order valence-electron chi connectivity index (χ4n) is 2.53. The lowest BCUT2D eigenvalue weighted by atomic mass is 10.0. The fourth-order valence-corrected chi connectivity index (χ4v) is 3.53. The molecule has 0 unspecified atom stereocenters. The summed E-state index contributed by atoms with van der Waals surface area (Å²) in [6.45, 7) is 2.00. The number of hydrogen-bond donors (Lipinski definition) is 1. The number of aromatic nitrogens is 1. The lowest BCUT2D eigenvalue weighted by molar-refractivity contribution is 0.0494. The number of aryl methyl sites for hydroxylation is 1. The number of furan rings is 1. The Morgan fingerprint density at radius 1 is 1.48 bits per heavy atom. The first kappa shape index (κ1) is 14.1. The molecule has 112 valence electrons. The maximum Gasteiger partial charge on any atom is 0.376 e. The number of nitrogen functional groups attached to an aromatic ring is 1. The Bertz CT molecular complexity index is 711. The Morgan fingerprint density at radius 3 is 3.00 bits per heavy atom. The minimum Gasteiger partial charge on any atom is -0.481 e. The number of methoxy groups -OCH3 is 1. The van der Waals surface area contributed by atoms with Crippen LogP contribution in [0.25, 0.3) is 11.1 Å². The second kappa shape index (κ2) is 5.48. The molecule has 6 nitrogen and oxygen atoms in total. The largest absolute Gasteiger partial charge is 0.481 e. The number of carbonyl (C=O) groups excluding carboxylic acids is 1. The molecule has 0 saturated carbocycles. The van der Waals surface area contributed by atoms with Gasteiger partial charge in [0.15, 0.2) is 0 Å². The molecular formula is C14H16N2O4S. The first-order valence-electron chi connectivity index (χ1n) is 6.69. The van der Waals surface area contributed by atoms with Crippen molar-refractivity contribution < 1.29 is 18.7 Å². The summed E-state index contributed by atoms with van der Waals surface area (Å²) in [5, 5.41) is 0.717. The highest BCUT2D eigenvalue weighted by molar-refractivity contribution is 7.98. The summed E-state index contributed by atoms with van der Waals surface area (Å²) < 4.78 is 15.8. The molecule has 2 N–H and O–H groups in total. The smallest absolute Gasteiger partial charge is 0.376 e. The average molecular weight is 308 g/mol. The van der Waals surface area contributed by atoms with Crippen LogP contribution in [0.15, 0.2) is 4.42 Å². The molecule has 0 radical (unpaired) electrons. The van der Waals surface area contributed by atoms with Gasteiger partial charge in [0.25, 0.3) is 0 Å². The van der Waals surface area contributed by atoms with Crippen LogP contribution in [0, 0.1) is 0 Å². The van der Waals surface area contributed by atoms with Crippen molar-refractivity contribution in [2.75, 3.05) is 25.2 Å². The quantitative estimate of drug-likeness (QED) is 0.871. The topological polar surface area (TPSA) is 87.6 Å². The van der Waals surface area contributed by atoms with E-state index in [-0.39, 0.29) is 12.4 Å². The molecule has 0 amide bonds. The van der Waals surface area contributed by atoms with Gasteiger partial charge < -0.3 is 19.6 Å². The number of carbonyl (C=O) groups is 1. The van der Waals surface area contributed by atoms with Gasteiger partial charge in [-0.25, -0.2) is 4.79 Å². The minimum atomic E-state index is -0.564. The average Bonchev–Trinajstić information content (AvgIpc) is 2.84. The van der Waals surface area contributed by atoms with Gasteiger partial charge in [0, 0.05) is 11.3 Å². The van der Waals surface area contributed by atoms with Crippen LogP contribution in [0.1, 0.15) is 28.6 Å². The van der Waals surface area contributed by atoms with E-state index in [1.807, 2.05) is 11.8 Å². The Balaban J connectivity index is 2.24. The van der Waals surface area contributed by atoms with Crippen LogP contribution in [0.5, 0.6) is 5.88 Å². The summed E-state index contributed by atoms with van der Waals surface area (Å²) in [6, 6.07) is 0. The van der Waals surface area contributed by atoms with Gasteiger partial charge >= 0.3 is 5.97 Å². The zero-order valence-corrected chi connectivity index (χ0v) is 12.7. The number of rotatable bonds is 3. The van der Waals surface area contributed by atoms with Gasteiger partial charge in [-0.1, -0.05) is 0 Å². The van der Waals surface area contributed by atoms with E-state index in [9.17, 15) is 4.79 Å². The van der Waals surface area contributed by atoms with Crippen molar-refractivity contribution in [3.63, 3.8) is 0 Å². The van der Waals surface area contributed by atoms with Crippen molar-refractivity contribution in [2.45, 2.75) is 19.1 Å². The van der Waals surface area contributed by atoms with Crippen molar-refractivity contribution in [1.29, 1.82) is 0 Å². The third-order valence-corrected chi connectivity index (χ3v) is 4.44. The molecule has 2 aromatic heterocycles. The fraction of sp³-hybridized carbons (Fsp3) is 0.429. The zero-order chi connectivity index (χ0) is 15.0. The lowest BCUT2D eigenvalue weighted by Crippen LogP contribution is -2.08. The summed E-state index contributed by atoms with van der Waals surface area (Å²) in [6.07, 6.45) is 0.849. The van der Waals surface area contributed by atoms with E-state index in [1.165, 1.54) is 0 Å². The number of hydrogen-bond acceptors (Lipinski definition) is 7. The van der Waals surface area contributed by atoms with Gasteiger partial charge in [0.2, 0.25) is 17.4 Å². The van der Waals surface area contributed by atoms with Crippen molar-refractivity contribution >= 4 is 34.5 Å². The maximum atomic E-state index is 11.9. The molecule has 0 aliphatic carbocycles. The lowest BCUT2D eigenvalue weighted by Gasteiger charge is -2.18. The molecule has 0 saturated heterocycles. The van der Waals surface area contributed by atoms with Gasteiger partial charge in [0.05, 0.1) is 24.8 Å². The van der Waals surface area contributed by atoms with E-state index < -0.39 is 5.97 Å². The molecule has 0 fully saturated rings. The van der Waals surface area contributed by atoms with E-state index in [1.54, 1.807) is 14.0 Å². The monoisotopic (exact) mass is 308 g/mol. The Kier molecular flexibility index (Phi) is 3.67. The standard InChI is InChI=1S/C14H16N2O4S/c1-3-19-14(17)11-10(15)9-7-4-5-21-6-8(7)12(18-2)16-13(9)20-11/h3-6,15H2,1-2H3. The number of thioether (sulfide) groups is 1. The normalized spacial score (nSPS) is 14.0. The summed E-state index contributed by atoms with van der Waals surface area (Å²) in [5.41, 5.74) is 8.84. The van der Waals surface area contributed by atoms with Crippen LogP contribution in [0.4, 0.5) is 5.69 Å². The number of nitrogens with two attached hydrogens (primary N) is 1. The summed E-state index contributed by atoms with van der Waals surface area (Å²) in [4.78, 5) is 16.2. The van der Waals surface area contributed by atoms with Crippen LogP contribution < -0.4 is 10.5 Å². The molecule has 0 bridgehead atoms. The molecule has 0 spiro atoms. The second-order valence-electron chi connectivity index (χ2n) is 4.63. The Hall–Kier alpha value is -1.89. The summed E-state index contributed by atoms with van der Waals surface area (Å²) in [5.74, 6) is 1.81. The van der Waals surface area contributed by atoms with Crippen molar-refractivity contribution in [3.8, 4) is 5.88 Å². The van der Waals surface area contributed by atoms with E-state index in [2.05, 4.69) is 4.98 Å². The van der Waals surface area contributed by atoms with E-state index >= 15 is 0 Å². The van der Waals surface area contributed by atoms with Gasteiger partial charge in [-0.2, -0.15) is 16.7 Å². The first-order chi connectivity index (χ1) is 10.2. The van der Waals surface area contributed by atoms with Gasteiger partial charge in [-0.15, -0.1) is 0 Å². The number of pyridine rings is 1. The van der Waals surface area contributed by atoms with Crippen molar-refractivity contribution in [2.24, 2.45) is 0 Å². The van der Waals surface area contributed by atoms with Crippen LogP contribution in [0.2, 0.25) is 0 Å². The third-order valence-electron chi connectivity index (χ3n) is 3.45. The van der Waals surface area contributed by atoms with E-state index in [0.29, 0.717) is 22.7 Å². The predicted molar refractivity (Wildman–Crippen MR) is 80.8 cm³/mol. The molecule has 3 rings (SSSR count). The van der Waals surface area contributed by atoms with Crippen LogP contribution in [-0.2, 0) is 16.9 Å². The SMILES string of the molecule is CCOC(=O)c1oc2nc(OC)c3c(c2c1N)CCSC3. The number of anilines is 1. The molecule has 0 atom stereocenters. The molecular weight excluding hydrogens is 292 g/mol. The molecule has 3 heterocycles. The van der Waals surface area contributed by atoms with E-state index in [4.69, 9.17) is 19.6 Å². The van der Waals surface area contributed by atoms with Crippen LogP contribution >= 0.6 is 11.8 Å². The predicted octanol–water partition coefficient (Wildman–Crippen LogP) is 2.38. The molecule has 1 aliphatic heterocycles. The Labute approximate surface area is 126 Å². The molecule has 2 aromatic rings. The van der Waals surface area contributed by atoms with Crippen molar-refractivity contribution in [1.82, 2.24) is 4.98 Å². The number of fused-ring (bicyclic) bond motifs is 3. The summed E-state index contributed by atoms with van der Waals surface area (Å²) >= 11 is 1.82. The molecule has 21 heavy (non-hydrogen) atoms. The highest BCUT2D eigenvalue weighted by atomic mass is 32.2. The van der Waals surface area contributed by atoms with Gasteiger partial charge in [0.1, 0.15) is 0 Å². The highest BCUT2D eigenvalue weighted by Crippen LogP contribution is 2.40. The van der Waals surface area contributed by atoms with Crippen molar-refractivity contribution in [3.05, 3.63) is 16.9 Å². The van der Waals surface area contributed by atoms with E-state index in [0.717, 1.165) is 29.1 Å². The van der Waals surface area contributed by atoms with Crippen LogP contribution in [0.3, 0.4) is 0 Å². The van der Waals surface area contributed by atoms with Gasteiger partial charge in [-0.05, 0) is 24.7 Å². The summed E-state index contributed by atoms with van der Waals surface area (Å²) in [7, 11) is 1.58. The molecule has 1 aliphatic rings. The maximum absolute atomic E-state index is 11.9. The highest BCUT2D eigenvalue weighted by Gasteiger charge is 2.27. The van der Waals surface area contributed by atoms with Crippen LogP contribution in [-0.4, -0.2) is 30.4 Å². The van der Waals surface area contributed by atoms with Gasteiger partial charge in [-0.3, -0.25) is 0 Å². The number of ether oxygens (including phenoxy) is 2. The molecule has 7 heteroatoms. The third kappa shape index (κ3) is 2.21. The number of esters is 1. The number of nitrogens with zero attached hydrogens (tertiary/aromatic N) is 1.